The summed E-state index contributed by atoms with van der Waals surface area (Å²) in [5.74, 6) is 2.27. The van der Waals surface area contributed by atoms with E-state index >= 15 is 0 Å². The zero-order valence-corrected chi connectivity index (χ0v) is 16.8. The van der Waals surface area contributed by atoms with E-state index in [9.17, 15) is 10.1 Å². The second-order valence-electron chi connectivity index (χ2n) is 6.64. The van der Waals surface area contributed by atoms with Gasteiger partial charge >= 0.3 is 0 Å². The predicted octanol–water partition coefficient (Wildman–Crippen LogP) is 2.53. The van der Waals surface area contributed by atoms with Crippen LogP contribution in [0.15, 0.2) is 52.4 Å². The van der Waals surface area contributed by atoms with Crippen molar-refractivity contribution in [2.24, 2.45) is 7.05 Å². The largest absolute Gasteiger partial charge is 0.455 e. The van der Waals surface area contributed by atoms with Gasteiger partial charge in [-0.2, -0.15) is 5.26 Å². The van der Waals surface area contributed by atoms with Gasteiger partial charge in [0.15, 0.2) is 10.9 Å². The minimum Gasteiger partial charge on any atom is -0.455 e. The van der Waals surface area contributed by atoms with Crippen molar-refractivity contribution in [3.8, 4) is 6.07 Å². The lowest BCUT2D eigenvalue weighted by molar-refractivity contribution is 0.0713. The predicted molar refractivity (Wildman–Crippen MR) is 109 cm³/mol. The Labute approximate surface area is 172 Å². The van der Waals surface area contributed by atoms with Crippen LogP contribution in [0.2, 0.25) is 0 Å². The van der Waals surface area contributed by atoms with Crippen LogP contribution in [0, 0.1) is 11.3 Å². The number of rotatable bonds is 5. The molecule has 0 N–H and O–H groups in total. The number of aromatic nitrogens is 3. The molecule has 1 amide bonds. The van der Waals surface area contributed by atoms with Crippen LogP contribution in [0.5, 0.6) is 0 Å². The molecule has 29 heavy (non-hydrogen) atoms. The minimum atomic E-state index is -0.112. The fourth-order valence-electron chi connectivity index (χ4n) is 3.21. The van der Waals surface area contributed by atoms with Crippen LogP contribution in [0.3, 0.4) is 0 Å². The van der Waals surface area contributed by atoms with Crippen molar-refractivity contribution in [2.75, 3.05) is 31.1 Å². The average molecular weight is 408 g/mol. The second kappa shape index (κ2) is 8.41. The first-order valence-corrected chi connectivity index (χ1v) is 10.2. The summed E-state index contributed by atoms with van der Waals surface area (Å²) in [6.07, 6.45) is 5.33. The number of piperazine rings is 1. The number of hydrogen-bond donors (Lipinski definition) is 0. The Balaban J connectivity index is 1.35. The first-order valence-electron chi connectivity index (χ1n) is 9.24. The van der Waals surface area contributed by atoms with Crippen molar-refractivity contribution in [3.63, 3.8) is 0 Å². The van der Waals surface area contributed by atoms with Crippen molar-refractivity contribution in [1.29, 1.82) is 5.26 Å². The molecule has 9 heteroatoms. The molecule has 0 aliphatic carbocycles. The number of nitrogens with zero attached hydrogens (tertiary/aromatic N) is 6. The molecule has 0 radical (unpaired) electrons. The van der Waals surface area contributed by atoms with Gasteiger partial charge in [0.05, 0.1) is 11.3 Å². The molecule has 4 heterocycles. The molecule has 1 saturated heterocycles. The maximum Gasteiger partial charge on any atom is 0.289 e. The number of imidazole rings is 1. The lowest BCUT2D eigenvalue weighted by atomic mass is 10.2. The summed E-state index contributed by atoms with van der Waals surface area (Å²) < 4.78 is 7.71. The monoisotopic (exact) mass is 408 g/mol. The summed E-state index contributed by atoms with van der Waals surface area (Å²) in [6.45, 7) is 2.36. The Hall–Kier alpha value is -3.25. The zero-order chi connectivity index (χ0) is 20.2. The summed E-state index contributed by atoms with van der Waals surface area (Å²) in [7, 11) is 1.94. The number of furan rings is 1. The van der Waals surface area contributed by atoms with Crippen LogP contribution >= 0.6 is 11.8 Å². The molecule has 0 saturated carbocycles. The number of aryl methyl sites for hydroxylation is 1. The first-order chi connectivity index (χ1) is 14.2. The Morgan fingerprint density at radius 1 is 1.21 bits per heavy atom. The molecule has 1 fully saturated rings. The fraction of sp³-hybridized carbons (Fsp3) is 0.300. The maximum absolute atomic E-state index is 12.8. The third kappa shape index (κ3) is 4.12. The van der Waals surface area contributed by atoms with Gasteiger partial charge in [0.2, 0.25) is 0 Å². The molecule has 8 nitrogen and oxygen atoms in total. The molecular formula is C20H20N6O2S. The molecule has 3 aromatic rings. The summed E-state index contributed by atoms with van der Waals surface area (Å²) in [6, 6.07) is 9.25. The Morgan fingerprint density at radius 3 is 2.76 bits per heavy atom. The van der Waals surface area contributed by atoms with Gasteiger partial charge in [-0.1, -0.05) is 11.8 Å². The zero-order valence-electron chi connectivity index (χ0n) is 16.0. The van der Waals surface area contributed by atoms with E-state index in [0.717, 1.165) is 10.9 Å². The Bertz CT molecular complexity index is 1050. The molecule has 0 bridgehead atoms. The maximum atomic E-state index is 12.8. The molecule has 0 atom stereocenters. The molecule has 1 aliphatic rings. The van der Waals surface area contributed by atoms with Crippen molar-refractivity contribution in [2.45, 2.75) is 10.9 Å². The minimum absolute atomic E-state index is 0.112. The van der Waals surface area contributed by atoms with Crippen molar-refractivity contribution in [3.05, 3.63) is 59.9 Å². The summed E-state index contributed by atoms with van der Waals surface area (Å²) in [5.41, 5.74) is 0.549. The summed E-state index contributed by atoms with van der Waals surface area (Å²) in [4.78, 5) is 25.2. The molecular weight excluding hydrogens is 388 g/mol. The number of carbonyl (C=O) groups excluding carboxylic acids is 1. The van der Waals surface area contributed by atoms with Gasteiger partial charge < -0.3 is 18.8 Å². The molecule has 1 aliphatic heterocycles. The highest BCUT2D eigenvalue weighted by Gasteiger charge is 2.26. The summed E-state index contributed by atoms with van der Waals surface area (Å²) >= 11 is 1.56. The van der Waals surface area contributed by atoms with Gasteiger partial charge in [0.25, 0.3) is 5.91 Å². The fourth-order valence-corrected chi connectivity index (χ4v) is 4.04. The topological polar surface area (TPSA) is 91.2 Å². The van der Waals surface area contributed by atoms with E-state index in [0.29, 0.717) is 49.1 Å². The van der Waals surface area contributed by atoms with Gasteiger partial charge in [-0.15, -0.1) is 0 Å². The van der Waals surface area contributed by atoms with Gasteiger partial charge in [0.1, 0.15) is 17.6 Å². The first kappa shape index (κ1) is 19.1. The molecule has 0 unspecified atom stereocenters. The molecule has 0 spiro atoms. The SMILES string of the molecule is Cn1ccnc1SCc1ccc(C(=O)N2CCN(c3ncccc3C#N)CC2)o1. The Morgan fingerprint density at radius 2 is 2.03 bits per heavy atom. The third-order valence-electron chi connectivity index (χ3n) is 4.77. The van der Waals surface area contributed by atoms with Crippen LogP contribution in [0.4, 0.5) is 5.82 Å². The number of anilines is 1. The molecule has 4 rings (SSSR count). The van der Waals surface area contributed by atoms with Crippen LogP contribution < -0.4 is 4.90 Å². The van der Waals surface area contributed by atoms with Crippen molar-refractivity contribution >= 4 is 23.5 Å². The molecule has 3 aromatic heterocycles. The quantitative estimate of drug-likeness (QED) is 0.599. The van der Waals surface area contributed by atoms with Gasteiger partial charge in [-0.25, -0.2) is 9.97 Å². The van der Waals surface area contributed by atoms with E-state index in [-0.39, 0.29) is 5.91 Å². The van der Waals surface area contributed by atoms with E-state index < -0.39 is 0 Å². The van der Waals surface area contributed by atoms with Crippen LogP contribution in [-0.4, -0.2) is 51.5 Å². The van der Waals surface area contributed by atoms with Crippen molar-refractivity contribution < 1.29 is 9.21 Å². The standard InChI is InChI=1S/C20H20N6O2S/c1-24-8-7-23-20(24)29-14-16-4-5-17(28-16)19(27)26-11-9-25(10-12-26)18-15(13-21)3-2-6-22-18/h2-8H,9-12,14H2,1H3. The van der Waals surface area contributed by atoms with Gasteiger partial charge in [-0.3, -0.25) is 4.79 Å². The smallest absolute Gasteiger partial charge is 0.289 e. The highest BCUT2D eigenvalue weighted by atomic mass is 32.2. The summed E-state index contributed by atoms with van der Waals surface area (Å²) in [5, 5.41) is 10.2. The number of carbonyl (C=O) groups is 1. The van der Waals surface area contributed by atoms with E-state index in [1.165, 1.54) is 0 Å². The Kier molecular flexibility index (Phi) is 5.53. The number of nitriles is 1. The molecule has 148 valence electrons. The normalized spacial score (nSPS) is 14.1. The van der Waals surface area contributed by atoms with E-state index in [4.69, 9.17) is 4.42 Å². The molecule has 0 aromatic carbocycles. The van der Waals surface area contributed by atoms with E-state index in [1.54, 1.807) is 47.3 Å². The van der Waals surface area contributed by atoms with Gasteiger partial charge in [-0.05, 0) is 24.3 Å². The lowest BCUT2D eigenvalue weighted by Crippen LogP contribution is -2.49. The number of pyridine rings is 1. The highest BCUT2D eigenvalue weighted by Crippen LogP contribution is 2.23. The number of hydrogen-bond acceptors (Lipinski definition) is 7. The second-order valence-corrected chi connectivity index (χ2v) is 7.58. The van der Waals surface area contributed by atoms with Crippen LogP contribution in [0.1, 0.15) is 21.9 Å². The number of thioether (sulfide) groups is 1. The number of amides is 1. The third-order valence-corrected chi connectivity index (χ3v) is 5.85. The van der Waals surface area contributed by atoms with E-state index in [2.05, 4.69) is 16.0 Å². The van der Waals surface area contributed by atoms with E-state index in [1.807, 2.05) is 28.8 Å². The van der Waals surface area contributed by atoms with Crippen LogP contribution in [-0.2, 0) is 12.8 Å². The van der Waals surface area contributed by atoms with Gasteiger partial charge in [0, 0.05) is 51.8 Å². The highest BCUT2D eigenvalue weighted by molar-refractivity contribution is 7.98. The lowest BCUT2D eigenvalue weighted by Gasteiger charge is -2.35. The van der Waals surface area contributed by atoms with Crippen LogP contribution in [0.25, 0.3) is 0 Å². The average Bonchev–Trinajstić information content (AvgIpc) is 3.40. The van der Waals surface area contributed by atoms with Crippen molar-refractivity contribution in [1.82, 2.24) is 19.4 Å².